The van der Waals surface area contributed by atoms with E-state index in [1.807, 2.05) is 23.9 Å². The van der Waals surface area contributed by atoms with Crippen LogP contribution < -0.4 is 5.32 Å². The van der Waals surface area contributed by atoms with Gasteiger partial charge in [0.25, 0.3) is 5.91 Å². The second-order valence-electron chi connectivity index (χ2n) is 4.58. The number of aliphatic hydroxyl groups excluding tert-OH is 1. The highest BCUT2D eigenvalue weighted by Gasteiger charge is 2.12. The first kappa shape index (κ1) is 15.7. The summed E-state index contributed by atoms with van der Waals surface area (Å²) >= 11 is 1.84. The number of aliphatic hydroxyl groups is 1. The fraction of sp³-hybridized carbons (Fsp3) is 0.312. The second kappa shape index (κ2) is 7.90. The lowest BCUT2D eigenvalue weighted by Gasteiger charge is -2.10. The van der Waals surface area contributed by atoms with E-state index in [-0.39, 0.29) is 12.5 Å². The summed E-state index contributed by atoms with van der Waals surface area (Å²) in [5, 5.41) is 12.5. The summed E-state index contributed by atoms with van der Waals surface area (Å²) in [5.74, 6) is 2.28. The number of nitrogens with one attached hydrogen (secondary N) is 1. The van der Waals surface area contributed by atoms with Crippen LogP contribution in [0.3, 0.4) is 0 Å². The molecule has 0 saturated carbocycles. The Bertz CT molecular complexity index is 551. The van der Waals surface area contributed by atoms with E-state index in [1.165, 1.54) is 11.8 Å². The quantitative estimate of drug-likeness (QED) is 0.825. The second-order valence-corrected chi connectivity index (χ2v) is 5.85. The van der Waals surface area contributed by atoms with Gasteiger partial charge in [-0.2, -0.15) is 11.8 Å². The Balaban J connectivity index is 1.85. The van der Waals surface area contributed by atoms with Crippen LogP contribution >= 0.6 is 11.8 Å². The summed E-state index contributed by atoms with van der Waals surface area (Å²) in [6, 6.07) is 10.9. The minimum absolute atomic E-state index is 0.125. The Kier molecular flexibility index (Phi) is 5.90. The van der Waals surface area contributed by atoms with E-state index in [2.05, 4.69) is 12.2 Å². The van der Waals surface area contributed by atoms with Gasteiger partial charge in [-0.15, -0.1) is 0 Å². The van der Waals surface area contributed by atoms with E-state index in [1.54, 1.807) is 24.3 Å². The van der Waals surface area contributed by atoms with Crippen molar-refractivity contribution >= 4 is 17.7 Å². The van der Waals surface area contributed by atoms with Crippen molar-refractivity contribution in [2.45, 2.75) is 18.8 Å². The van der Waals surface area contributed by atoms with Crippen molar-refractivity contribution in [1.82, 2.24) is 5.32 Å². The molecule has 0 spiro atoms. The average molecular weight is 305 g/mol. The Morgan fingerprint density at radius 3 is 2.71 bits per heavy atom. The van der Waals surface area contributed by atoms with E-state index in [9.17, 15) is 9.90 Å². The molecule has 0 aliphatic rings. The van der Waals surface area contributed by atoms with Crippen LogP contribution in [0, 0.1) is 0 Å². The molecule has 2 aromatic rings. The predicted octanol–water partition coefficient (Wildman–Crippen LogP) is 3.00. The average Bonchev–Trinajstić information content (AvgIpc) is 3.05. The molecule has 1 aromatic carbocycles. The summed E-state index contributed by atoms with van der Waals surface area (Å²) in [4.78, 5) is 12.0. The molecule has 21 heavy (non-hydrogen) atoms. The van der Waals surface area contributed by atoms with Gasteiger partial charge in [0.05, 0.1) is 12.8 Å². The van der Waals surface area contributed by atoms with Crippen LogP contribution in [-0.2, 0) is 5.75 Å². The van der Waals surface area contributed by atoms with Crippen LogP contribution in [0.25, 0.3) is 0 Å². The SMILES string of the molecule is CCSCc1ccc(C(=O)NCC(O)c2ccco2)cc1. The topological polar surface area (TPSA) is 62.5 Å². The third-order valence-corrected chi connectivity index (χ3v) is 3.96. The van der Waals surface area contributed by atoms with Gasteiger partial charge in [-0.25, -0.2) is 0 Å². The third kappa shape index (κ3) is 4.65. The Hall–Kier alpha value is -1.72. The standard InChI is InChI=1S/C16H19NO3S/c1-2-21-11-12-5-7-13(8-6-12)16(19)17-10-14(18)15-4-3-9-20-15/h3-9,14,18H,2,10-11H2,1H3,(H,17,19). The van der Waals surface area contributed by atoms with Crippen LogP contribution in [-0.4, -0.2) is 23.3 Å². The van der Waals surface area contributed by atoms with Crippen LogP contribution in [0.5, 0.6) is 0 Å². The van der Waals surface area contributed by atoms with Crippen molar-refractivity contribution in [3.8, 4) is 0 Å². The van der Waals surface area contributed by atoms with E-state index >= 15 is 0 Å². The molecule has 0 bridgehead atoms. The molecular formula is C16H19NO3S. The molecule has 1 aromatic heterocycles. The van der Waals surface area contributed by atoms with Gasteiger partial charge in [-0.1, -0.05) is 19.1 Å². The first-order valence-electron chi connectivity index (χ1n) is 6.87. The van der Waals surface area contributed by atoms with Crippen molar-refractivity contribution in [2.75, 3.05) is 12.3 Å². The van der Waals surface area contributed by atoms with Crippen LogP contribution in [0.1, 0.15) is 34.7 Å². The van der Waals surface area contributed by atoms with Gasteiger partial charge in [0.15, 0.2) is 0 Å². The minimum atomic E-state index is -0.829. The van der Waals surface area contributed by atoms with E-state index in [0.717, 1.165) is 11.5 Å². The fourth-order valence-electron chi connectivity index (χ4n) is 1.85. The lowest BCUT2D eigenvalue weighted by molar-refractivity contribution is 0.0901. The van der Waals surface area contributed by atoms with Crippen LogP contribution in [0.4, 0.5) is 0 Å². The first-order chi connectivity index (χ1) is 10.2. The molecule has 1 atom stereocenters. The Morgan fingerprint density at radius 2 is 2.10 bits per heavy atom. The van der Waals surface area contributed by atoms with Crippen LogP contribution in [0.15, 0.2) is 47.1 Å². The van der Waals surface area contributed by atoms with E-state index < -0.39 is 6.10 Å². The lowest BCUT2D eigenvalue weighted by atomic mass is 10.1. The monoisotopic (exact) mass is 305 g/mol. The van der Waals surface area contributed by atoms with Crippen molar-refractivity contribution in [3.05, 3.63) is 59.5 Å². The normalized spacial score (nSPS) is 12.1. The number of thioether (sulfide) groups is 1. The molecule has 1 heterocycles. The molecule has 4 nitrogen and oxygen atoms in total. The fourth-order valence-corrected chi connectivity index (χ4v) is 2.48. The molecule has 2 rings (SSSR count). The summed E-state index contributed by atoms with van der Waals surface area (Å²) in [7, 11) is 0. The van der Waals surface area contributed by atoms with Crippen molar-refractivity contribution < 1.29 is 14.3 Å². The highest BCUT2D eigenvalue weighted by atomic mass is 32.2. The highest BCUT2D eigenvalue weighted by Crippen LogP contribution is 2.14. The molecular weight excluding hydrogens is 286 g/mol. The highest BCUT2D eigenvalue weighted by molar-refractivity contribution is 7.98. The molecule has 112 valence electrons. The number of benzene rings is 1. The van der Waals surface area contributed by atoms with E-state index in [4.69, 9.17) is 4.42 Å². The summed E-state index contributed by atoms with van der Waals surface area (Å²) in [6.07, 6.45) is 0.664. The first-order valence-corrected chi connectivity index (χ1v) is 8.02. The maximum Gasteiger partial charge on any atom is 0.251 e. The number of amides is 1. The summed E-state index contributed by atoms with van der Waals surface area (Å²) in [5.41, 5.74) is 1.79. The van der Waals surface area contributed by atoms with Crippen molar-refractivity contribution in [3.63, 3.8) is 0 Å². The molecule has 0 radical (unpaired) electrons. The lowest BCUT2D eigenvalue weighted by Crippen LogP contribution is -2.28. The zero-order valence-electron chi connectivity index (χ0n) is 11.9. The number of rotatable bonds is 7. The number of furan rings is 1. The van der Waals surface area contributed by atoms with Crippen LogP contribution in [0.2, 0.25) is 0 Å². The van der Waals surface area contributed by atoms with Crippen molar-refractivity contribution in [2.24, 2.45) is 0 Å². The van der Waals surface area contributed by atoms with Crippen molar-refractivity contribution in [1.29, 1.82) is 0 Å². The van der Waals surface area contributed by atoms with Gasteiger partial charge in [0.2, 0.25) is 0 Å². The zero-order chi connectivity index (χ0) is 15.1. The van der Waals surface area contributed by atoms with E-state index in [0.29, 0.717) is 11.3 Å². The Morgan fingerprint density at radius 1 is 1.33 bits per heavy atom. The third-order valence-electron chi connectivity index (χ3n) is 3.02. The predicted molar refractivity (Wildman–Crippen MR) is 84.3 cm³/mol. The number of hydrogen-bond donors (Lipinski definition) is 2. The maximum absolute atomic E-state index is 12.0. The largest absolute Gasteiger partial charge is 0.467 e. The van der Waals surface area contributed by atoms with Gasteiger partial charge in [-0.3, -0.25) is 4.79 Å². The zero-order valence-corrected chi connectivity index (χ0v) is 12.7. The molecule has 0 fully saturated rings. The molecule has 1 amide bonds. The van der Waals surface area contributed by atoms with Gasteiger partial charge in [0.1, 0.15) is 11.9 Å². The molecule has 0 saturated heterocycles. The Labute approximate surface area is 128 Å². The summed E-state index contributed by atoms with van der Waals surface area (Å²) < 4.78 is 5.08. The number of carbonyl (C=O) groups excluding carboxylic acids is 1. The number of hydrogen-bond acceptors (Lipinski definition) is 4. The molecule has 0 aliphatic carbocycles. The molecule has 2 N–H and O–H groups in total. The van der Waals surface area contributed by atoms with Gasteiger partial charge in [-0.05, 0) is 35.6 Å². The smallest absolute Gasteiger partial charge is 0.251 e. The number of carbonyl (C=O) groups is 1. The van der Waals surface area contributed by atoms with Gasteiger partial charge in [0, 0.05) is 11.3 Å². The minimum Gasteiger partial charge on any atom is -0.467 e. The summed E-state index contributed by atoms with van der Waals surface area (Å²) in [6.45, 7) is 2.25. The molecule has 1 unspecified atom stereocenters. The molecule has 0 aliphatic heterocycles. The molecule has 5 heteroatoms. The maximum atomic E-state index is 12.0. The van der Waals surface area contributed by atoms with Gasteiger partial charge >= 0.3 is 0 Å². The van der Waals surface area contributed by atoms with Gasteiger partial charge < -0.3 is 14.8 Å².